The van der Waals surface area contributed by atoms with Gasteiger partial charge in [0.15, 0.2) is 0 Å². The molecule has 0 rings (SSSR count). The summed E-state index contributed by atoms with van der Waals surface area (Å²) in [5, 5.41) is 3.03. The second-order valence-electron chi connectivity index (χ2n) is 23.2. The monoisotopic (exact) mass is 1110 g/mol. The van der Waals surface area contributed by atoms with Crippen molar-refractivity contribution < 1.29 is 37.3 Å². The smallest absolute Gasteiger partial charge is 0.306 e. The van der Waals surface area contributed by atoms with Gasteiger partial charge in [-0.3, -0.25) is 14.2 Å². The molecule has 78 heavy (non-hydrogen) atoms. The van der Waals surface area contributed by atoms with Crippen molar-refractivity contribution in [1.29, 1.82) is 0 Å². The highest BCUT2D eigenvalue weighted by molar-refractivity contribution is 7.45. The summed E-state index contributed by atoms with van der Waals surface area (Å²) in [4.78, 5) is 40.0. The Bertz CT molecular complexity index is 1570. The average molecular weight is 1110 g/mol. The Morgan fingerprint density at radius 2 is 0.821 bits per heavy atom. The lowest BCUT2D eigenvalue weighted by Gasteiger charge is -2.30. The van der Waals surface area contributed by atoms with Gasteiger partial charge in [0.1, 0.15) is 19.3 Å². The molecule has 0 bridgehead atoms. The molecule has 0 saturated heterocycles. The molecule has 0 spiro atoms. The van der Waals surface area contributed by atoms with Crippen LogP contribution in [0.25, 0.3) is 0 Å². The number of carbonyl (C=O) groups excluding carboxylic acids is 2. The summed E-state index contributed by atoms with van der Waals surface area (Å²) < 4.78 is 30.3. The molecule has 9 nitrogen and oxygen atoms in total. The predicted molar refractivity (Wildman–Crippen MR) is 335 cm³/mol. The number of nitrogens with zero attached hydrogens (tertiary/aromatic N) is 1. The first-order chi connectivity index (χ1) is 37.9. The van der Waals surface area contributed by atoms with Crippen LogP contribution in [0.5, 0.6) is 0 Å². The molecule has 0 aliphatic heterocycles. The van der Waals surface area contributed by atoms with E-state index in [1.807, 2.05) is 33.3 Å². The Kier molecular flexibility index (Phi) is 55.8. The molecule has 454 valence electrons. The Morgan fingerprint density at radius 3 is 1.26 bits per heavy atom. The maximum absolute atomic E-state index is 13.5. The number of hydrogen-bond acceptors (Lipinski definition) is 7. The molecular formula is C68H125N2O7P. The molecule has 0 aliphatic carbocycles. The van der Waals surface area contributed by atoms with E-state index in [9.17, 15) is 19.0 Å². The Morgan fingerprint density at radius 1 is 0.462 bits per heavy atom. The van der Waals surface area contributed by atoms with Crippen molar-refractivity contribution in [3.63, 3.8) is 0 Å². The lowest BCUT2D eigenvalue weighted by molar-refractivity contribution is -0.870. The fourth-order valence-corrected chi connectivity index (χ4v) is 10.1. The van der Waals surface area contributed by atoms with Crippen molar-refractivity contribution in [1.82, 2.24) is 5.32 Å². The molecule has 3 atom stereocenters. The van der Waals surface area contributed by atoms with E-state index in [4.69, 9.17) is 13.8 Å². The lowest BCUT2D eigenvalue weighted by atomic mass is 10.0. The van der Waals surface area contributed by atoms with Gasteiger partial charge in [-0.15, -0.1) is 0 Å². The fraction of sp³-hybridized carbons (Fsp3) is 0.794. The van der Waals surface area contributed by atoms with Crippen LogP contribution < -0.4 is 10.2 Å². The zero-order valence-electron chi connectivity index (χ0n) is 51.9. The number of allylic oxidation sites excluding steroid dienone is 11. The third kappa shape index (κ3) is 58.1. The van der Waals surface area contributed by atoms with Crippen LogP contribution in [-0.2, 0) is 27.9 Å². The van der Waals surface area contributed by atoms with Gasteiger partial charge in [-0.05, 0) is 96.0 Å². The molecule has 0 aromatic heterocycles. The van der Waals surface area contributed by atoms with Gasteiger partial charge in [0.25, 0.3) is 7.82 Å². The van der Waals surface area contributed by atoms with Crippen molar-refractivity contribution in [2.24, 2.45) is 0 Å². The quantitative estimate of drug-likeness (QED) is 0.0212. The largest absolute Gasteiger partial charge is 0.756 e. The number of unbranched alkanes of at least 4 members (excludes halogenated alkanes) is 33. The van der Waals surface area contributed by atoms with Crippen LogP contribution in [0.1, 0.15) is 297 Å². The van der Waals surface area contributed by atoms with Crippen LogP contribution in [0.2, 0.25) is 0 Å². The van der Waals surface area contributed by atoms with Gasteiger partial charge in [-0.1, -0.05) is 261 Å². The maximum atomic E-state index is 13.5. The van der Waals surface area contributed by atoms with E-state index in [1.165, 1.54) is 167 Å². The highest BCUT2D eigenvalue weighted by Gasteiger charge is 2.27. The normalized spacial score (nSPS) is 14.1. The third-order valence-electron chi connectivity index (χ3n) is 14.4. The summed E-state index contributed by atoms with van der Waals surface area (Å²) in [7, 11) is 1.18. The molecule has 0 aliphatic rings. The molecule has 0 radical (unpaired) electrons. The van der Waals surface area contributed by atoms with Crippen molar-refractivity contribution >= 4 is 19.7 Å². The number of likely N-dealkylation sites (N-methyl/N-ethyl adjacent to an activating group) is 1. The van der Waals surface area contributed by atoms with Gasteiger partial charge < -0.3 is 28.5 Å². The van der Waals surface area contributed by atoms with E-state index in [1.54, 1.807) is 0 Å². The Labute approximate surface area is 483 Å². The molecule has 3 unspecified atom stereocenters. The number of esters is 1. The second kappa shape index (κ2) is 57.7. The van der Waals surface area contributed by atoms with Crippen LogP contribution in [0, 0.1) is 0 Å². The number of carbonyl (C=O) groups is 2. The summed E-state index contributed by atoms with van der Waals surface area (Å²) in [6.45, 7) is 6.71. The van der Waals surface area contributed by atoms with Gasteiger partial charge in [0.2, 0.25) is 5.91 Å². The van der Waals surface area contributed by atoms with E-state index >= 15 is 0 Å². The summed E-state index contributed by atoms with van der Waals surface area (Å²) in [6.07, 6.45) is 74.5. The van der Waals surface area contributed by atoms with Crippen molar-refractivity contribution in [2.45, 2.75) is 309 Å². The Hall–Kier alpha value is -2.55. The van der Waals surface area contributed by atoms with Gasteiger partial charge in [0, 0.05) is 12.8 Å². The standard InChI is InChI=1S/C68H125N2O7P/c1-7-10-13-16-19-22-25-27-29-30-31-32-33-34-35-36-37-38-39-40-41-42-45-48-51-54-57-60-67(71)69-65(64-76-78(73,74)75-63-62-70(4,5)6)66(59-56-53-50-47-44-24-21-18-15-12-9-3)77-68(72)61-58-55-52-49-46-43-28-26-23-20-17-14-11-8-2/h11,14,19-20,22-23,27,29,31-32,56,59,65-66H,7-10,12-13,15-18,21,24-26,28,30,33-55,57-58,60-64H2,1-6H3,(H-,69,71,73,74)/b14-11+,22-19-,23-20+,29-27-,32-31-,59-56-. The second-order valence-corrected chi connectivity index (χ2v) is 24.6. The third-order valence-corrected chi connectivity index (χ3v) is 15.3. The molecule has 0 heterocycles. The number of ether oxygens (including phenoxy) is 1. The minimum Gasteiger partial charge on any atom is -0.756 e. The van der Waals surface area contributed by atoms with Gasteiger partial charge in [-0.2, -0.15) is 0 Å². The lowest BCUT2D eigenvalue weighted by Crippen LogP contribution is -2.47. The topological polar surface area (TPSA) is 114 Å². The van der Waals surface area contributed by atoms with Crippen LogP contribution in [0.4, 0.5) is 0 Å². The highest BCUT2D eigenvalue weighted by atomic mass is 31.2. The fourth-order valence-electron chi connectivity index (χ4n) is 9.33. The van der Waals surface area contributed by atoms with Crippen LogP contribution in [0.3, 0.4) is 0 Å². The number of rotatable bonds is 59. The molecule has 0 aromatic rings. The van der Waals surface area contributed by atoms with Crippen LogP contribution in [0.15, 0.2) is 72.9 Å². The van der Waals surface area contributed by atoms with Gasteiger partial charge >= 0.3 is 5.97 Å². The van der Waals surface area contributed by atoms with Crippen molar-refractivity contribution in [3.8, 4) is 0 Å². The first kappa shape index (κ1) is 75.5. The first-order valence-electron chi connectivity index (χ1n) is 32.7. The van der Waals surface area contributed by atoms with Gasteiger partial charge in [-0.25, -0.2) is 0 Å². The van der Waals surface area contributed by atoms with Crippen molar-refractivity contribution in [3.05, 3.63) is 72.9 Å². The molecule has 0 saturated carbocycles. The van der Waals surface area contributed by atoms with Gasteiger partial charge in [0.05, 0.1) is 33.8 Å². The highest BCUT2D eigenvalue weighted by Crippen LogP contribution is 2.38. The summed E-state index contributed by atoms with van der Waals surface area (Å²) in [5.41, 5.74) is 0. The summed E-state index contributed by atoms with van der Waals surface area (Å²) >= 11 is 0. The number of phosphoric acid groups is 1. The SMILES string of the molecule is CC/C=C/C/C=C/CCCCCCCCCC(=O)OC(/C=C\CCCCCCCCCCC)C(COP(=O)([O-])OCC[N+](C)(C)C)NC(=O)CCCCCCCCCCCCCCCC/C=C\C/C=C\C/C=C\CCCCC. The molecule has 1 amide bonds. The Balaban J connectivity index is 5.00. The minimum absolute atomic E-state index is 0.0251. The zero-order valence-corrected chi connectivity index (χ0v) is 52.8. The molecule has 0 fully saturated rings. The van der Waals surface area contributed by atoms with E-state index in [0.717, 1.165) is 96.3 Å². The number of quaternary nitrogens is 1. The predicted octanol–water partition coefficient (Wildman–Crippen LogP) is 19.8. The zero-order chi connectivity index (χ0) is 57.2. The first-order valence-corrected chi connectivity index (χ1v) is 34.2. The van der Waals surface area contributed by atoms with E-state index < -0.39 is 26.6 Å². The average Bonchev–Trinajstić information content (AvgIpc) is 3.40. The summed E-state index contributed by atoms with van der Waals surface area (Å²) in [6, 6.07) is -0.893. The minimum atomic E-state index is -4.70. The van der Waals surface area contributed by atoms with Crippen molar-refractivity contribution in [2.75, 3.05) is 40.9 Å². The molecule has 1 N–H and O–H groups in total. The number of nitrogens with one attached hydrogen (secondary N) is 1. The number of amides is 1. The molecule has 0 aromatic carbocycles. The van der Waals surface area contributed by atoms with E-state index in [0.29, 0.717) is 17.4 Å². The number of hydrogen-bond donors (Lipinski definition) is 1. The molecular weight excluding hydrogens is 988 g/mol. The summed E-state index contributed by atoms with van der Waals surface area (Å²) in [5.74, 6) is -0.547. The van der Waals surface area contributed by atoms with Crippen LogP contribution in [-0.4, -0.2) is 69.4 Å². The van der Waals surface area contributed by atoms with Crippen LogP contribution >= 0.6 is 7.82 Å². The number of phosphoric ester groups is 1. The maximum Gasteiger partial charge on any atom is 0.306 e. The van der Waals surface area contributed by atoms with E-state index in [2.05, 4.69) is 86.8 Å². The molecule has 10 heteroatoms. The van der Waals surface area contributed by atoms with E-state index in [-0.39, 0.29) is 24.9 Å².